The van der Waals surface area contributed by atoms with Crippen molar-refractivity contribution in [2.75, 3.05) is 6.61 Å². The summed E-state index contributed by atoms with van der Waals surface area (Å²) in [7, 11) is 0. The third-order valence-corrected chi connectivity index (χ3v) is 2.48. The van der Waals surface area contributed by atoms with Crippen LogP contribution in [0.25, 0.3) is 0 Å². The molecule has 4 heteroatoms. The molecular weight excluding hydrogens is 256 g/mol. The van der Waals surface area contributed by atoms with E-state index in [2.05, 4.69) is 22.0 Å². The maximum absolute atomic E-state index is 8.61. The number of rotatable bonds is 4. The van der Waals surface area contributed by atoms with Crippen molar-refractivity contribution in [2.24, 2.45) is 5.73 Å². The normalized spacial score (nSPS) is 11.9. The second kappa shape index (κ2) is 5.74. The van der Waals surface area contributed by atoms with Gasteiger partial charge in [0.15, 0.2) is 0 Å². The van der Waals surface area contributed by atoms with Crippen molar-refractivity contribution in [3.05, 3.63) is 28.2 Å². The van der Waals surface area contributed by atoms with Crippen LogP contribution in [-0.4, -0.2) is 6.61 Å². The second-order valence-electron chi connectivity index (χ2n) is 3.08. The molecule has 0 bridgehead atoms. The SMILES string of the molecule is CCOc1ccc(Br)cc1[C@@H](N)CC#N. The molecule has 0 saturated heterocycles. The van der Waals surface area contributed by atoms with Gasteiger partial charge in [-0.15, -0.1) is 0 Å². The van der Waals surface area contributed by atoms with Crippen LogP contribution in [0.15, 0.2) is 22.7 Å². The molecular formula is C11H13BrN2O. The van der Waals surface area contributed by atoms with Gasteiger partial charge in [0.05, 0.1) is 19.1 Å². The lowest BCUT2D eigenvalue weighted by atomic mass is 10.0. The molecule has 1 aromatic rings. The maximum atomic E-state index is 8.61. The second-order valence-corrected chi connectivity index (χ2v) is 4.00. The summed E-state index contributed by atoms with van der Waals surface area (Å²) in [4.78, 5) is 0. The van der Waals surface area contributed by atoms with E-state index in [0.29, 0.717) is 6.61 Å². The molecule has 0 aliphatic heterocycles. The third-order valence-electron chi connectivity index (χ3n) is 1.98. The Labute approximate surface area is 98.0 Å². The molecule has 0 saturated carbocycles. The van der Waals surface area contributed by atoms with E-state index < -0.39 is 0 Å². The highest BCUT2D eigenvalue weighted by Gasteiger charge is 2.12. The zero-order valence-electron chi connectivity index (χ0n) is 8.53. The van der Waals surface area contributed by atoms with Gasteiger partial charge in [-0.2, -0.15) is 5.26 Å². The summed E-state index contributed by atoms with van der Waals surface area (Å²) >= 11 is 3.37. The van der Waals surface area contributed by atoms with Crippen LogP contribution in [0.5, 0.6) is 5.75 Å². The lowest BCUT2D eigenvalue weighted by Gasteiger charge is -2.14. The predicted octanol–water partition coefficient (Wildman–Crippen LogP) is 2.76. The Hall–Kier alpha value is -1.05. The Kier molecular flexibility index (Phi) is 4.60. The van der Waals surface area contributed by atoms with Crippen LogP contribution in [0.2, 0.25) is 0 Å². The number of benzene rings is 1. The molecule has 1 atom stereocenters. The van der Waals surface area contributed by atoms with E-state index in [-0.39, 0.29) is 12.5 Å². The minimum atomic E-state index is -0.297. The van der Waals surface area contributed by atoms with Crippen molar-refractivity contribution in [1.29, 1.82) is 5.26 Å². The lowest BCUT2D eigenvalue weighted by Crippen LogP contribution is -2.11. The monoisotopic (exact) mass is 268 g/mol. The minimum Gasteiger partial charge on any atom is -0.494 e. The number of ether oxygens (including phenoxy) is 1. The minimum absolute atomic E-state index is 0.288. The highest BCUT2D eigenvalue weighted by molar-refractivity contribution is 9.10. The van der Waals surface area contributed by atoms with Gasteiger partial charge in [-0.25, -0.2) is 0 Å². The van der Waals surface area contributed by atoms with Crippen LogP contribution >= 0.6 is 15.9 Å². The quantitative estimate of drug-likeness (QED) is 0.914. The molecule has 2 N–H and O–H groups in total. The van der Waals surface area contributed by atoms with Crippen molar-refractivity contribution in [1.82, 2.24) is 0 Å². The molecule has 0 unspecified atom stereocenters. The number of nitrogens with two attached hydrogens (primary N) is 1. The summed E-state index contributed by atoms with van der Waals surface area (Å²) < 4.78 is 6.39. The summed E-state index contributed by atoms with van der Waals surface area (Å²) in [5.41, 5.74) is 6.75. The van der Waals surface area contributed by atoms with Crippen LogP contribution in [0, 0.1) is 11.3 Å². The highest BCUT2D eigenvalue weighted by Crippen LogP contribution is 2.28. The summed E-state index contributed by atoms with van der Waals surface area (Å²) in [5, 5.41) is 8.61. The van der Waals surface area contributed by atoms with Crippen LogP contribution in [-0.2, 0) is 0 Å². The maximum Gasteiger partial charge on any atom is 0.124 e. The molecule has 0 aromatic heterocycles. The van der Waals surface area contributed by atoms with Crippen molar-refractivity contribution >= 4 is 15.9 Å². The van der Waals surface area contributed by atoms with Gasteiger partial charge >= 0.3 is 0 Å². The Morgan fingerprint density at radius 3 is 2.93 bits per heavy atom. The van der Waals surface area contributed by atoms with Crippen molar-refractivity contribution in [2.45, 2.75) is 19.4 Å². The number of hydrogen-bond acceptors (Lipinski definition) is 3. The van der Waals surface area contributed by atoms with E-state index in [9.17, 15) is 0 Å². The molecule has 1 rings (SSSR count). The molecule has 15 heavy (non-hydrogen) atoms. The third kappa shape index (κ3) is 3.22. The fourth-order valence-electron chi connectivity index (χ4n) is 1.30. The average molecular weight is 269 g/mol. The summed E-state index contributed by atoms with van der Waals surface area (Å²) in [6.45, 7) is 2.51. The van der Waals surface area contributed by atoms with E-state index in [1.807, 2.05) is 25.1 Å². The topological polar surface area (TPSA) is 59.0 Å². The lowest BCUT2D eigenvalue weighted by molar-refractivity contribution is 0.334. The Morgan fingerprint density at radius 1 is 1.60 bits per heavy atom. The Bertz CT molecular complexity index is 373. The molecule has 0 heterocycles. The molecule has 3 nitrogen and oxygen atoms in total. The molecule has 0 radical (unpaired) electrons. The van der Waals surface area contributed by atoms with Gasteiger partial charge in [0.2, 0.25) is 0 Å². The standard InChI is InChI=1S/C11H13BrN2O/c1-2-15-11-4-3-8(12)7-9(11)10(14)5-6-13/h3-4,7,10H,2,5,14H2,1H3/t10-/m0/s1. The van der Waals surface area contributed by atoms with Crippen LogP contribution in [0.1, 0.15) is 24.9 Å². The van der Waals surface area contributed by atoms with Gasteiger partial charge in [0.1, 0.15) is 5.75 Å². The van der Waals surface area contributed by atoms with E-state index in [1.54, 1.807) is 0 Å². The fraction of sp³-hybridized carbons (Fsp3) is 0.364. The number of hydrogen-bond donors (Lipinski definition) is 1. The first kappa shape index (κ1) is 12.0. The van der Waals surface area contributed by atoms with Gasteiger partial charge < -0.3 is 10.5 Å². The Morgan fingerprint density at radius 2 is 2.33 bits per heavy atom. The Balaban J connectivity index is 3.01. The first-order chi connectivity index (χ1) is 7.19. The summed E-state index contributed by atoms with van der Waals surface area (Å²) in [5.74, 6) is 0.753. The van der Waals surface area contributed by atoms with E-state index in [4.69, 9.17) is 15.7 Å². The van der Waals surface area contributed by atoms with E-state index in [1.165, 1.54) is 0 Å². The largest absolute Gasteiger partial charge is 0.494 e. The van der Waals surface area contributed by atoms with Crippen molar-refractivity contribution in [3.63, 3.8) is 0 Å². The fourth-order valence-corrected chi connectivity index (χ4v) is 1.68. The highest BCUT2D eigenvalue weighted by atomic mass is 79.9. The zero-order chi connectivity index (χ0) is 11.3. The van der Waals surface area contributed by atoms with Crippen molar-refractivity contribution in [3.8, 4) is 11.8 Å². The van der Waals surface area contributed by atoms with Gasteiger partial charge in [0, 0.05) is 16.1 Å². The predicted molar refractivity (Wildman–Crippen MR) is 62.5 cm³/mol. The smallest absolute Gasteiger partial charge is 0.124 e. The average Bonchev–Trinajstić information content (AvgIpc) is 2.21. The van der Waals surface area contributed by atoms with Crippen molar-refractivity contribution < 1.29 is 4.74 Å². The summed E-state index contributed by atoms with van der Waals surface area (Å²) in [6, 6.07) is 7.42. The van der Waals surface area contributed by atoms with Crippen LogP contribution in [0.4, 0.5) is 0 Å². The molecule has 0 aliphatic rings. The van der Waals surface area contributed by atoms with Gasteiger partial charge in [-0.05, 0) is 25.1 Å². The number of nitrogens with zero attached hydrogens (tertiary/aromatic N) is 1. The van der Waals surface area contributed by atoms with E-state index >= 15 is 0 Å². The zero-order valence-corrected chi connectivity index (χ0v) is 10.1. The molecule has 0 spiro atoms. The number of halogens is 1. The molecule has 80 valence electrons. The molecule has 1 aromatic carbocycles. The van der Waals surface area contributed by atoms with Crippen LogP contribution < -0.4 is 10.5 Å². The van der Waals surface area contributed by atoms with Gasteiger partial charge in [-0.3, -0.25) is 0 Å². The van der Waals surface area contributed by atoms with E-state index in [0.717, 1.165) is 15.8 Å². The van der Waals surface area contributed by atoms with Gasteiger partial charge in [0.25, 0.3) is 0 Å². The first-order valence-electron chi connectivity index (χ1n) is 4.73. The van der Waals surface area contributed by atoms with Crippen LogP contribution in [0.3, 0.4) is 0 Å². The molecule has 0 fully saturated rings. The molecule has 0 amide bonds. The number of nitriles is 1. The first-order valence-corrected chi connectivity index (χ1v) is 5.53. The summed E-state index contributed by atoms with van der Waals surface area (Å²) in [6.07, 6.45) is 0.288. The molecule has 0 aliphatic carbocycles. The van der Waals surface area contributed by atoms with Gasteiger partial charge in [-0.1, -0.05) is 15.9 Å².